The van der Waals surface area contributed by atoms with Crippen molar-refractivity contribution in [2.24, 2.45) is 0 Å². The van der Waals surface area contributed by atoms with Gasteiger partial charge in [0.05, 0.1) is 17.5 Å². The molecule has 0 bridgehead atoms. The van der Waals surface area contributed by atoms with Gasteiger partial charge in [-0.3, -0.25) is 4.79 Å². The summed E-state index contributed by atoms with van der Waals surface area (Å²) >= 11 is 0. The van der Waals surface area contributed by atoms with E-state index in [4.69, 9.17) is 4.74 Å². The molecule has 0 aliphatic rings. The smallest absolute Gasteiger partial charge is 0.417 e. The summed E-state index contributed by atoms with van der Waals surface area (Å²) in [6, 6.07) is 2.03. The van der Waals surface area contributed by atoms with Gasteiger partial charge in [0.15, 0.2) is 12.4 Å². The number of alkyl halides is 3. The molecule has 0 saturated carbocycles. The second-order valence-electron chi connectivity index (χ2n) is 5.74. The number of unbranched alkanes of at least 4 members (excludes halogenated alkanes) is 1. The fourth-order valence-corrected chi connectivity index (χ4v) is 2.18. The molecule has 0 spiro atoms. The van der Waals surface area contributed by atoms with Gasteiger partial charge in [-0.15, -0.1) is 0 Å². The summed E-state index contributed by atoms with van der Waals surface area (Å²) in [6.45, 7) is 3.61. The number of ether oxygens (including phenoxy) is 1. The lowest BCUT2D eigenvalue weighted by Crippen LogP contribution is -2.29. The first-order valence-corrected chi connectivity index (χ1v) is 8.26. The number of nitrogens with one attached hydrogen (secondary N) is 1. The lowest BCUT2D eigenvalue weighted by molar-refractivity contribution is -0.137. The van der Waals surface area contributed by atoms with Crippen LogP contribution in [0.5, 0.6) is 0 Å². The maximum absolute atomic E-state index is 12.6. The predicted molar refractivity (Wildman–Crippen MR) is 89.3 cm³/mol. The Morgan fingerprint density at radius 3 is 2.59 bits per heavy atom. The molecular weight excluding hydrogens is 365 g/mol. The zero-order chi connectivity index (χ0) is 20.0. The maximum atomic E-state index is 12.6. The van der Waals surface area contributed by atoms with Crippen LogP contribution in [0.3, 0.4) is 0 Å². The molecule has 1 amide bonds. The molecule has 2 aromatic heterocycles. The van der Waals surface area contributed by atoms with Crippen molar-refractivity contribution in [1.82, 2.24) is 20.1 Å². The molecule has 2 heterocycles. The van der Waals surface area contributed by atoms with Crippen LogP contribution in [0.25, 0.3) is 5.82 Å². The van der Waals surface area contributed by atoms with Crippen LogP contribution in [-0.4, -0.2) is 39.8 Å². The van der Waals surface area contributed by atoms with Crippen LogP contribution in [0.1, 0.15) is 41.4 Å². The van der Waals surface area contributed by atoms with Gasteiger partial charge in [-0.2, -0.15) is 18.3 Å². The highest BCUT2D eigenvalue weighted by atomic mass is 19.4. The second kappa shape index (κ2) is 8.65. The van der Waals surface area contributed by atoms with Crippen molar-refractivity contribution in [2.75, 3.05) is 13.2 Å². The summed E-state index contributed by atoms with van der Waals surface area (Å²) in [7, 11) is 0. The highest BCUT2D eigenvalue weighted by molar-refractivity contribution is 5.92. The highest BCUT2D eigenvalue weighted by Gasteiger charge is 2.30. The molecular formula is C17H19F3N4O3. The number of carbonyl (C=O) groups is 2. The zero-order valence-corrected chi connectivity index (χ0v) is 14.8. The molecule has 2 aromatic rings. The molecule has 27 heavy (non-hydrogen) atoms. The summed E-state index contributed by atoms with van der Waals surface area (Å²) in [5.74, 6) is -1.04. The number of hydrogen-bond acceptors (Lipinski definition) is 5. The first kappa shape index (κ1) is 20.4. The molecule has 146 valence electrons. The number of nitrogens with zero attached hydrogens (tertiary/aromatic N) is 3. The Hall–Kier alpha value is -2.91. The van der Waals surface area contributed by atoms with Crippen molar-refractivity contribution in [3.05, 3.63) is 41.3 Å². The van der Waals surface area contributed by atoms with Crippen molar-refractivity contribution < 1.29 is 27.5 Å². The first-order chi connectivity index (χ1) is 12.7. The SMILES string of the molecule is CCCCNC(=O)COC(=O)c1cnn(-c2ccc(C(F)(F)F)cn2)c1C. The van der Waals surface area contributed by atoms with E-state index in [2.05, 4.69) is 15.4 Å². The molecule has 0 saturated heterocycles. The minimum absolute atomic E-state index is 0.0954. The van der Waals surface area contributed by atoms with Crippen LogP contribution in [0.15, 0.2) is 24.5 Å². The van der Waals surface area contributed by atoms with Crippen LogP contribution in [0.2, 0.25) is 0 Å². The van der Waals surface area contributed by atoms with Crippen molar-refractivity contribution in [1.29, 1.82) is 0 Å². The molecule has 0 atom stereocenters. The van der Waals surface area contributed by atoms with Crippen molar-refractivity contribution >= 4 is 11.9 Å². The van der Waals surface area contributed by atoms with Crippen LogP contribution in [-0.2, 0) is 15.7 Å². The second-order valence-corrected chi connectivity index (χ2v) is 5.74. The van der Waals surface area contributed by atoms with Crippen LogP contribution in [0, 0.1) is 6.92 Å². The van der Waals surface area contributed by atoms with Gasteiger partial charge in [-0.25, -0.2) is 14.5 Å². The number of aromatic nitrogens is 3. The number of esters is 1. The van der Waals surface area contributed by atoms with Crippen molar-refractivity contribution in [3.63, 3.8) is 0 Å². The minimum atomic E-state index is -4.49. The third kappa shape index (κ3) is 5.28. The average Bonchev–Trinajstić information content (AvgIpc) is 3.01. The molecule has 2 rings (SSSR count). The number of pyridine rings is 1. The van der Waals surface area contributed by atoms with E-state index in [1.165, 1.54) is 10.9 Å². The zero-order valence-electron chi connectivity index (χ0n) is 14.8. The van der Waals surface area contributed by atoms with Crippen LogP contribution in [0.4, 0.5) is 13.2 Å². The number of hydrogen-bond donors (Lipinski definition) is 1. The van der Waals surface area contributed by atoms with Crippen LogP contribution < -0.4 is 5.32 Å². The average molecular weight is 384 g/mol. The van der Waals surface area contributed by atoms with E-state index < -0.39 is 30.2 Å². The van der Waals surface area contributed by atoms with Crippen molar-refractivity contribution in [3.8, 4) is 5.82 Å². The van der Waals surface area contributed by atoms with Gasteiger partial charge in [0.2, 0.25) is 0 Å². The van der Waals surface area contributed by atoms with Gasteiger partial charge in [0.1, 0.15) is 5.56 Å². The fourth-order valence-electron chi connectivity index (χ4n) is 2.18. The quantitative estimate of drug-likeness (QED) is 0.586. The Morgan fingerprint density at radius 2 is 2.00 bits per heavy atom. The molecule has 7 nitrogen and oxygen atoms in total. The maximum Gasteiger partial charge on any atom is 0.417 e. The highest BCUT2D eigenvalue weighted by Crippen LogP contribution is 2.28. The first-order valence-electron chi connectivity index (χ1n) is 8.26. The standard InChI is InChI=1S/C17H19F3N4O3/c1-3-4-7-21-15(25)10-27-16(26)13-9-23-24(11(13)2)14-6-5-12(8-22-14)17(18,19)20/h5-6,8-9H,3-4,7,10H2,1-2H3,(H,21,25). The Balaban J connectivity index is 2.04. The van der Waals surface area contributed by atoms with Crippen molar-refractivity contribution in [2.45, 2.75) is 32.9 Å². The van der Waals surface area contributed by atoms with E-state index in [1.54, 1.807) is 6.92 Å². The molecule has 1 N–H and O–H groups in total. The number of rotatable bonds is 7. The van der Waals surface area contributed by atoms with Gasteiger partial charge in [-0.1, -0.05) is 13.3 Å². The van der Waals surface area contributed by atoms with Crippen LogP contribution >= 0.6 is 0 Å². The van der Waals surface area contributed by atoms with E-state index in [0.717, 1.165) is 25.0 Å². The summed E-state index contributed by atoms with van der Waals surface area (Å²) in [5, 5.41) is 6.57. The minimum Gasteiger partial charge on any atom is -0.452 e. The molecule has 0 fully saturated rings. The summed E-state index contributed by atoms with van der Waals surface area (Å²) in [5.41, 5.74) is -0.457. The molecule has 0 aromatic carbocycles. The predicted octanol–water partition coefficient (Wildman–Crippen LogP) is 2.67. The monoisotopic (exact) mass is 384 g/mol. The molecule has 0 aliphatic heterocycles. The summed E-state index contributed by atoms with van der Waals surface area (Å²) < 4.78 is 44.0. The van der Waals surface area contributed by atoms with E-state index in [9.17, 15) is 22.8 Å². The summed E-state index contributed by atoms with van der Waals surface area (Å²) in [6.07, 6.45) is -0.833. The topological polar surface area (TPSA) is 86.1 Å². The Kier molecular flexibility index (Phi) is 6.54. The number of halogens is 3. The van der Waals surface area contributed by atoms with E-state index in [-0.39, 0.29) is 11.4 Å². The van der Waals surface area contributed by atoms with E-state index >= 15 is 0 Å². The molecule has 0 radical (unpaired) electrons. The summed E-state index contributed by atoms with van der Waals surface area (Å²) in [4.78, 5) is 27.4. The largest absolute Gasteiger partial charge is 0.452 e. The molecule has 0 unspecified atom stereocenters. The van der Waals surface area contributed by atoms with Gasteiger partial charge in [-0.05, 0) is 25.5 Å². The molecule has 0 aliphatic carbocycles. The third-order valence-electron chi connectivity index (χ3n) is 3.71. The molecule has 10 heteroatoms. The number of carbonyl (C=O) groups excluding carboxylic acids is 2. The Morgan fingerprint density at radius 1 is 1.26 bits per heavy atom. The van der Waals surface area contributed by atoms with E-state index in [0.29, 0.717) is 18.4 Å². The fraction of sp³-hybridized carbons (Fsp3) is 0.412. The third-order valence-corrected chi connectivity index (χ3v) is 3.71. The lowest BCUT2D eigenvalue weighted by Gasteiger charge is -2.08. The van der Waals surface area contributed by atoms with Gasteiger partial charge >= 0.3 is 12.1 Å². The normalized spacial score (nSPS) is 11.3. The number of amides is 1. The Labute approximate surface area is 153 Å². The van der Waals surface area contributed by atoms with Gasteiger partial charge in [0, 0.05) is 12.7 Å². The van der Waals surface area contributed by atoms with E-state index in [1.807, 2.05) is 6.92 Å². The Bertz CT molecular complexity index is 801. The lowest BCUT2D eigenvalue weighted by atomic mass is 10.2. The van der Waals surface area contributed by atoms with Gasteiger partial charge < -0.3 is 10.1 Å². The van der Waals surface area contributed by atoms with Gasteiger partial charge in [0.25, 0.3) is 5.91 Å².